The fraction of sp³-hybridized carbons (Fsp3) is 0.130. The van der Waals surface area contributed by atoms with E-state index in [4.69, 9.17) is 5.41 Å². The second-order valence-electron chi connectivity index (χ2n) is 7.15. The maximum Gasteiger partial charge on any atom is 0.425 e. The Morgan fingerprint density at radius 2 is 1.79 bits per heavy atom. The van der Waals surface area contributed by atoms with Gasteiger partial charge < -0.3 is 25.5 Å². The summed E-state index contributed by atoms with van der Waals surface area (Å²) in [5.41, 5.74) is -4.59. The number of halogens is 4. The molecule has 172 valence electrons. The van der Waals surface area contributed by atoms with E-state index in [1.165, 1.54) is 36.4 Å². The Balaban J connectivity index is 2.12. The molecule has 0 saturated heterocycles. The van der Waals surface area contributed by atoms with Gasteiger partial charge in [-0.3, -0.25) is 0 Å². The normalized spacial score (nSPS) is 13.2. The van der Waals surface area contributed by atoms with Crippen LogP contribution in [0.2, 0.25) is 0 Å². The monoisotopic (exact) mass is 461 g/mol. The van der Waals surface area contributed by atoms with Crippen LogP contribution in [0.4, 0.5) is 28.9 Å². The first-order valence-electron chi connectivity index (χ1n) is 9.52. The molecule has 1 unspecified atom stereocenters. The van der Waals surface area contributed by atoms with Crippen LogP contribution in [-0.2, 0) is 12.1 Å². The first-order valence-corrected chi connectivity index (χ1v) is 9.52. The Morgan fingerprint density at radius 3 is 2.33 bits per heavy atom. The zero-order chi connectivity index (χ0) is 24.4. The number of aromatic carboxylic acids is 1. The molecule has 3 aromatic rings. The Kier molecular flexibility index (Phi) is 6.41. The van der Waals surface area contributed by atoms with Crippen molar-refractivity contribution in [1.29, 1.82) is 5.41 Å². The minimum Gasteiger partial charge on any atom is -0.477 e. The number of benzene rings is 2. The second-order valence-corrected chi connectivity index (χ2v) is 7.15. The smallest absolute Gasteiger partial charge is 0.425 e. The van der Waals surface area contributed by atoms with Crippen molar-refractivity contribution in [2.75, 3.05) is 5.32 Å². The molecule has 0 amide bonds. The number of hydrogen-bond donors (Lipinski definition) is 4. The molecule has 0 saturated carbocycles. The van der Waals surface area contributed by atoms with E-state index in [1.807, 2.05) is 0 Å². The molecule has 6 nitrogen and oxygen atoms in total. The maximum atomic E-state index is 14.2. The molecule has 10 heteroatoms. The van der Waals surface area contributed by atoms with Gasteiger partial charge in [0, 0.05) is 41.5 Å². The number of carboxylic acids is 1. The van der Waals surface area contributed by atoms with Crippen molar-refractivity contribution in [3.8, 4) is 0 Å². The van der Waals surface area contributed by atoms with E-state index in [-0.39, 0.29) is 17.8 Å². The zero-order valence-corrected chi connectivity index (χ0v) is 17.0. The highest BCUT2D eigenvalue weighted by molar-refractivity contribution is 5.88. The fourth-order valence-corrected chi connectivity index (χ4v) is 3.38. The molecule has 0 aliphatic heterocycles. The summed E-state index contributed by atoms with van der Waals surface area (Å²) in [6, 6.07) is 9.23. The number of anilines is 2. The summed E-state index contributed by atoms with van der Waals surface area (Å²) in [6.45, 7) is 3.37. The molecule has 0 fully saturated rings. The van der Waals surface area contributed by atoms with Crippen molar-refractivity contribution < 1.29 is 32.6 Å². The van der Waals surface area contributed by atoms with Crippen LogP contribution < -0.4 is 5.32 Å². The molecule has 0 aliphatic rings. The first kappa shape index (κ1) is 23.7. The van der Waals surface area contributed by atoms with Gasteiger partial charge in [0.2, 0.25) is 5.60 Å². The SMILES string of the molecule is C=CCn1cc(C(O)(c2ccc(Nc3ccc(F)cc3)c(C=N)c2)C(F)(F)F)cc1C(=O)O. The van der Waals surface area contributed by atoms with E-state index in [0.717, 1.165) is 35.2 Å². The van der Waals surface area contributed by atoms with Gasteiger partial charge in [0.1, 0.15) is 11.5 Å². The van der Waals surface area contributed by atoms with E-state index in [9.17, 15) is 32.6 Å². The van der Waals surface area contributed by atoms with Gasteiger partial charge in [-0.25, -0.2) is 9.18 Å². The zero-order valence-electron chi connectivity index (χ0n) is 17.0. The lowest BCUT2D eigenvalue weighted by atomic mass is 9.86. The number of carbonyl (C=O) groups is 1. The fourth-order valence-electron chi connectivity index (χ4n) is 3.38. The van der Waals surface area contributed by atoms with Crippen LogP contribution in [0.1, 0.15) is 27.2 Å². The maximum absolute atomic E-state index is 14.2. The lowest BCUT2D eigenvalue weighted by molar-refractivity contribution is -0.248. The molecule has 1 heterocycles. The lowest BCUT2D eigenvalue weighted by Crippen LogP contribution is -2.43. The molecule has 2 aromatic carbocycles. The van der Waals surface area contributed by atoms with Crippen LogP contribution in [0.25, 0.3) is 0 Å². The molecule has 0 radical (unpaired) electrons. The topological polar surface area (TPSA) is 98.3 Å². The molecular weight excluding hydrogens is 442 g/mol. The van der Waals surface area contributed by atoms with Crippen LogP contribution in [0.5, 0.6) is 0 Å². The highest BCUT2D eigenvalue weighted by Crippen LogP contribution is 2.45. The molecule has 0 aliphatic carbocycles. The van der Waals surface area contributed by atoms with Crippen LogP contribution >= 0.6 is 0 Å². The van der Waals surface area contributed by atoms with Gasteiger partial charge in [-0.05, 0) is 48.0 Å². The molecule has 33 heavy (non-hydrogen) atoms. The highest BCUT2D eigenvalue weighted by atomic mass is 19.4. The number of aliphatic hydroxyl groups is 1. The summed E-state index contributed by atoms with van der Waals surface area (Å²) in [7, 11) is 0. The third kappa shape index (κ3) is 4.51. The summed E-state index contributed by atoms with van der Waals surface area (Å²) in [6.07, 6.45) is -2.19. The van der Waals surface area contributed by atoms with Gasteiger partial charge in [-0.1, -0.05) is 12.1 Å². The van der Waals surface area contributed by atoms with Gasteiger partial charge in [0.15, 0.2) is 0 Å². The predicted octanol–water partition coefficient (Wildman–Crippen LogP) is 5.05. The summed E-state index contributed by atoms with van der Waals surface area (Å²) < 4.78 is 56.7. The summed E-state index contributed by atoms with van der Waals surface area (Å²) in [5.74, 6) is -1.94. The lowest BCUT2D eigenvalue weighted by Gasteiger charge is -2.31. The van der Waals surface area contributed by atoms with E-state index in [1.54, 1.807) is 0 Å². The number of nitrogens with zero attached hydrogens (tertiary/aromatic N) is 1. The quantitative estimate of drug-likeness (QED) is 0.214. The number of carboxylic acid groups (broad SMARTS) is 1. The van der Waals surface area contributed by atoms with Gasteiger partial charge in [-0.15, -0.1) is 6.58 Å². The van der Waals surface area contributed by atoms with E-state index < -0.39 is 40.4 Å². The van der Waals surface area contributed by atoms with Crippen LogP contribution in [0.3, 0.4) is 0 Å². The number of alkyl halides is 3. The third-order valence-corrected chi connectivity index (χ3v) is 5.02. The van der Waals surface area contributed by atoms with Gasteiger partial charge >= 0.3 is 12.1 Å². The molecule has 3 rings (SSSR count). The Bertz CT molecular complexity index is 1200. The number of nitrogens with one attached hydrogen (secondary N) is 2. The molecule has 1 atom stereocenters. The van der Waals surface area contributed by atoms with Crippen molar-refractivity contribution in [2.45, 2.75) is 18.3 Å². The number of hydrogen-bond acceptors (Lipinski definition) is 4. The Hall–Kier alpha value is -3.92. The highest BCUT2D eigenvalue weighted by Gasteiger charge is 2.57. The number of rotatable bonds is 8. The molecule has 4 N–H and O–H groups in total. The molecule has 0 spiro atoms. The van der Waals surface area contributed by atoms with Gasteiger partial charge in [-0.2, -0.15) is 13.2 Å². The van der Waals surface area contributed by atoms with E-state index in [0.29, 0.717) is 5.69 Å². The Labute approximate surface area is 185 Å². The number of aromatic nitrogens is 1. The minimum atomic E-state index is -5.21. The largest absolute Gasteiger partial charge is 0.477 e. The van der Waals surface area contributed by atoms with E-state index >= 15 is 0 Å². The first-order chi connectivity index (χ1) is 15.5. The van der Waals surface area contributed by atoms with Gasteiger partial charge in [0.25, 0.3) is 0 Å². The molecule has 1 aromatic heterocycles. The number of allylic oxidation sites excluding steroid dienone is 1. The van der Waals surface area contributed by atoms with Crippen LogP contribution in [0, 0.1) is 11.2 Å². The third-order valence-electron chi connectivity index (χ3n) is 5.02. The van der Waals surface area contributed by atoms with Crippen molar-refractivity contribution in [3.05, 3.63) is 95.6 Å². The van der Waals surface area contributed by atoms with Crippen molar-refractivity contribution >= 4 is 23.6 Å². The van der Waals surface area contributed by atoms with E-state index in [2.05, 4.69) is 11.9 Å². The van der Waals surface area contributed by atoms with Crippen LogP contribution in [0.15, 0.2) is 67.4 Å². The average Bonchev–Trinajstić information content (AvgIpc) is 3.19. The summed E-state index contributed by atoms with van der Waals surface area (Å²) in [5, 5.41) is 30.7. The van der Waals surface area contributed by atoms with Crippen LogP contribution in [-0.4, -0.2) is 33.1 Å². The second kappa shape index (κ2) is 8.91. The average molecular weight is 461 g/mol. The standard InChI is InChI=1S/C23H19F4N3O3/c1-2-9-30-13-16(11-20(30)21(31)32)22(33,23(25,26)27)15-3-8-19(14(10-15)12-28)29-18-6-4-17(24)5-7-18/h2-8,10-13,28-29,33H,1,9H2,(H,31,32). The minimum absolute atomic E-state index is 0.0171. The summed E-state index contributed by atoms with van der Waals surface area (Å²) >= 11 is 0. The molecule has 0 bridgehead atoms. The van der Waals surface area contributed by atoms with Gasteiger partial charge in [0.05, 0.1) is 0 Å². The predicted molar refractivity (Wildman–Crippen MR) is 115 cm³/mol. The van der Waals surface area contributed by atoms with Crippen molar-refractivity contribution in [2.24, 2.45) is 0 Å². The summed E-state index contributed by atoms with van der Waals surface area (Å²) in [4.78, 5) is 11.5. The van der Waals surface area contributed by atoms with Crippen molar-refractivity contribution in [3.63, 3.8) is 0 Å². The van der Waals surface area contributed by atoms with Crippen molar-refractivity contribution in [1.82, 2.24) is 4.57 Å². The molecular formula is C23H19F4N3O3. The Morgan fingerprint density at radius 1 is 1.12 bits per heavy atom.